The molecule has 0 amide bonds. The van der Waals surface area contributed by atoms with Crippen molar-refractivity contribution in [3.05, 3.63) is 0 Å². The van der Waals surface area contributed by atoms with Crippen molar-refractivity contribution < 1.29 is 10.2 Å². The van der Waals surface area contributed by atoms with E-state index in [1.807, 2.05) is 6.92 Å². The van der Waals surface area contributed by atoms with E-state index in [9.17, 15) is 5.11 Å². The third-order valence-electron chi connectivity index (χ3n) is 3.16. The molecule has 0 radical (unpaired) electrons. The van der Waals surface area contributed by atoms with Crippen LogP contribution in [-0.2, 0) is 0 Å². The smallest absolute Gasteiger partial charge is 0.0877 e. The summed E-state index contributed by atoms with van der Waals surface area (Å²) in [7, 11) is 0. The Bertz CT molecular complexity index is 130. The molecule has 2 N–H and O–H groups in total. The van der Waals surface area contributed by atoms with Crippen molar-refractivity contribution in [2.45, 2.75) is 64.9 Å². The van der Waals surface area contributed by atoms with Crippen molar-refractivity contribution in [3.8, 4) is 0 Å². The zero-order chi connectivity index (χ0) is 11.0. The lowest BCUT2D eigenvalue weighted by Crippen LogP contribution is -2.34. The van der Waals surface area contributed by atoms with Gasteiger partial charge < -0.3 is 10.2 Å². The predicted molar refractivity (Wildman–Crippen MR) is 60.2 cm³/mol. The molecule has 86 valence electrons. The van der Waals surface area contributed by atoms with Crippen LogP contribution in [0.25, 0.3) is 0 Å². The van der Waals surface area contributed by atoms with Crippen LogP contribution in [0, 0.1) is 5.92 Å². The number of hydrogen-bond acceptors (Lipinski definition) is 2. The van der Waals surface area contributed by atoms with Gasteiger partial charge in [-0.05, 0) is 18.8 Å². The summed E-state index contributed by atoms with van der Waals surface area (Å²) in [5, 5.41) is 19.1. The Labute approximate surface area is 88.3 Å². The first-order chi connectivity index (χ1) is 6.61. The zero-order valence-electron chi connectivity index (χ0n) is 9.92. The average molecular weight is 202 g/mol. The van der Waals surface area contributed by atoms with Gasteiger partial charge in [-0.25, -0.2) is 0 Å². The molecule has 2 unspecified atom stereocenters. The minimum Gasteiger partial charge on any atom is -0.393 e. The number of unbranched alkanes of at least 4 members (excludes halogenated alkanes) is 1. The molecule has 0 fully saturated rings. The van der Waals surface area contributed by atoms with Gasteiger partial charge in [-0.1, -0.05) is 46.5 Å². The second-order valence-corrected chi connectivity index (χ2v) is 4.36. The molecule has 0 bridgehead atoms. The molecule has 0 aliphatic rings. The van der Waals surface area contributed by atoms with Gasteiger partial charge in [-0.3, -0.25) is 0 Å². The highest BCUT2D eigenvalue weighted by Crippen LogP contribution is 2.26. The quantitative estimate of drug-likeness (QED) is 0.635. The minimum absolute atomic E-state index is 0.105. The first-order valence-electron chi connectivity index (χ1n) is 5.95. The van der Waals surface area contributed by atoms with Crippen molar-refractivity contribution in [3.63, 3.8) is 0 Å². The third-order valence-corrected chi connectivity index (χ3v) is 3.16. The van der Waals surface area contributed by atoms with E-state index in [0.717, 1.165) is 12.8 Å². The first-order valence-corrected chi connectivity index (χ1v) is 5.95. The van der Waals surface area contributed by atoms with Crippen molar-refractivity contribution in [2.75, 3.05) is 6.61 Å². The van der Waals surface area contributed by atoms with E-state index in [4.69, 9.17) is 5.11 Å². The summed E-state index contributed by atoms with van der Waals surface area (Å²) in [5.74, 6) is 0.562. The molecule has 0 aromatic carbocycles. The molecular formula is C12H26O2. The number of aliphatic hydroxyl groups excluding tert-OH is 1. The van der Waals surface area contributed by atoms with Crippen molar-refractivity contribution in [1.29, 1.82) is 0 Å². The van der Waals surface area contributed by atoms with Gasteiger partial charge in [0.25, 0.3) is 0 Å². The minimum atomic E-state index is -0.839. The summed E-state index contributed by atoms with van der Waals surface area (Å²) in [6.45, 7) is 6.17. The normalized spacial score (nSPS) is 17.8. The largest absolute Gasteiger partial charge is 0.393 e. The van der Waals surface area contributed by atoms with Crippen LogP contribution in [0.5, 0.6) is 0 Å². The maximum absolute atomic E-state index is 9.98. The van der Waals surface area contributed by atoms with Gasteiger partial charge in [0.05, 0.1) is 12.2 Å². The topological polar surface area (TPSA) is 40.5 Å². The van der Waals surface area contributed by atoms with Crippen LogP contribution in [0.15, 0.2) is 0 Å². The Hall–Kier alpha value is -0.0800. The van der Waals surface area contributed by atoms with Gasteiger partial charge in [0.15, 0.2) is 0 Å². The van der Waals surface area contributed by atoms with E-state index >= 15 is 0 Å². The number of rotatable bonds is 8. The van der Waals surface area contributed by atoms with E-state index < -0.39 is 5.60 Å². The summed E-state index contributed by atoms with van der Waals surface area (Å²) in [6, 6.07) is 0. The second kappa shape index (κ2) is 7.24. The molecule has 0 heterocycles. The monoisotopic (exact) mass is 202 g/mol. The number of hydrogen-bond donors (Lipinski definition) is 2. The Morgan fingerprint density at radius 1 is 1.21 bits per heavy atom. The van der Waals surface area contributed by atoms with E-state index in [-0.39, 0.29) is 6.61 Å². The first kappa shape index (κ1) is 13.9. The lowest BCUT2D eigenvalue weighted by atomic mass is 9.85. The Morgan fingerprint density at radius 3 is 2.21 bits per heavy atom. The lowest BCUT2D eigenvalue weighted by Gasteiger charge is -2.28. The summed E-state index contributed by atoms with van der Waals surface area (Å²) in [6.07, 6.45) is 6.10. The SMILES string of the molecule is CCCCC(CC)CC(O)(CC)CO. The van der Waals surface area contributed by atoms with Crippen LogP contribution in [-0.4, -0.2) is 22.4 Å². The van der Waals surface area contributed by atoms with E-state index in [2.05, 4.69) is 13.8 Å². The summed E-state index contributed by atoms with van der Waals surface area (Å²) in [5.41, 5.74) is -0.839. The summed E-state index contributed by atoms with van der Waals surface area (Å²) in [4.78, 5) is 0. The van der Waals surface area contributed by atoms with Gasteiger partial charge in [-0.15, -0.1) is 0 Å². The van der Waals surface area contributed by atoms with Crippen molar-refractivity contribution >= 4 is 0 Å². The molecule has 0 aliphatic carbocycles. The Kier molecular flexibility index (Phi) is 7.20. The van der Waals surface area contributed by atoms with Gasteiger partial charge in [0.2, 0.25) is 0 Å². The van der Waals surface area contributed by atoms with Crippen LogP contribution >= 0.6 is 0 Å². The molecule has 14 heavy (non-hydrogen) atoms. The predicted octanol–water partition coefficient (Wildman–Crippen LogP) is 2.73. The Balaban J connectivity index is 4.00. The van der Waals surface area contributed by atoms with Gasteiger partial charge in [0.1, 0.15) is 0 Å². The lowest BCUT2D eigenvalue weighted by molar-refractivity contribution is -0.0374. The molecule has 2 nitrogen and oxygen atoms in total. The molecular weight excluding hydrogens is 176 g/mol. The molecule has 0 spiro atoms. The molecule has 0 rings (SSSR count). The van der Waals surface area contributed by atoms with E-state index in [1.165, 1.54) is 19.3 Å². The molecule has 2 atom stereocenters. The maximum atomic E-state index is 9.98. The molecule has 0 saturated heterocycles. The van der Waals surface area contributed by atoms with Crippen molar-refractivity contribution in [1.82, 2.24) is 0 Å². The zero-order valence-corrected chi connectivity index (χ0v) is 9.92. The van der Waals surface area contributed by atoms with Crippen LogP contribution < -0.4 is 0 Å². The fourth-order valence-corrected chi connectivity index (χ4v) is 1.80. The summed E-state index contributed by atoms with van der Waals surface area (Å²) >= 11 is 0. The van der Waals surface area contributed by atoms with Crippen LogP contribution in [0.4, 0.5) is 0 Å². The van der Waals surface area contributed by atoms with Gasteiger partial charge in [0, 0.05) is 0 Å². The molecule has 0 aliphatic heterocycles. The second-order valence-electron chi connectivity index (χ2n) is 4.36. The Morgan fingerprint density at radius 2 is 1.86 bits per heavy atom. The highest BCUT2D eigenvalue weighted by atomic mass is 16.3. The highest BCUT2D eigenvalue weighted by Gasteiger charge is 2.26. The fraction of sp³-hybridized carbons (Fsp3) is 1.00. The maximum Gasteiger partial charge on any atom is 0.0877 e. The standard InChI is InChI=1S/C12H26O2/c1-4-7-8-11(5-2)9-12(14,6-3)10-13/h11,13-14H,4-10H2,1-3H3. The summed E-state index contributed by atoms with van der Waals surface area (Å²) < 4.78 is 0. The number of aliphatic hydroxyl groups is 2. The average Bonchev–Trinajstić information content (AvgIpc) is 2.23. The van der Waals surface area contributed by atoms with Gasteiger partial charge in [-0.2, -0.15) is 0 Å². The third kappa shape index (κ3) is 4.97. The molecule has 0 saturated carbocycles. The van der Waals surface area contributed by atoms with Crippen molar-refractivity contribution in [2.24, 2.45) is 5.92 Å². The highest BCUT2D eigenvalue weighted by molar-refractivity contribution is 4.79. The van der Waals surface area contributed by atoms with E-state index in [1.54, 1.807) is 0 Å². The molecule has 0 aromatic heterocycles. The van der Waals surface area contributed by atoms with Gasteiger partial charge >= 0.3 is 0 Å². The van der Waals surface area contributed by atoms with Crippen LogP contribution in [0.2, 0.25) is 0 Å². The molecule has 0 aromatic rings. The molecule has 2 heteroatoms. The van der Waals surface area contributed by atoms with Crippen LogP contribution in [0.1, 0.15) is 59.3 Å². The fourth-order valence-electron chi connectivity index (χ4n) is 1.80. The van der Waals surface area contributed by atoms with Crippen LogP contribution in [0.3, 0.4) is 0 Å². The van der Waals surface area contributed by atoms with E-state index in [0.29, 0.717) is 12.3 Å².